The van der Waals surface area contributed by atoms with Crippen LogP contribution in [0.15, 0.2) is 36.5 Å². The molecule has 2 aliphatic rings. The maximum Gasteiger partial charge on any atom is 0.259 e. The molecule has 0 radical (unpaired) electrons. The molecule has 1 atom stereocenters. The van der Waals surface area contributed by atoms with Crippen LogP contribution in [0.3, 0.4) is 0 Å². The van der Waals surface area contributed by atoms with Gasteiger partial charge in [0.2, 0.25) is 5.91 Å². The number of pyridine rings is 1. The van der Waals surface area contributed by atoms with Gasteiger partial charge in [0.1, 0.15) is 23.4 Å². The van der Waals surface area contributed by atoms with Gasteiger partial charge in [-0.15, -0.1) is 0 Å². The molecule has 0 aliphatic carbocycles. The van der Waals surface area contributed by atoms with E-state index in [9.17, 15) is 9.59 Å². The quantitative estimate of drug-likeness (QED) is 0.757. The molecule has 2 fully saturated rings. The Hall–Kier alpha value is -3.33. The molecular weight excluding hydrogens is 386 g/mol. The van der Waals surface area contributed by atoms with E-state index in [1.807, 2.05) is 4.90 Å². The van der Waals surface area contributed by atoms with E-state index in [4.69, 9.17) is 9.47 Å². The molecule has 3 heterocycles. The number of carbonyl (C=O) groups is 2. The molecule has 2 amide bonds. The number of nitrogens with zero attached hydrogens (tertiary/aromatic N) is 3. The number of benzene rings is 1. The first-order valence-corrected chi connectivity index (χ1v) is 9.86. The minimum absolute atomic E-state index is 0.0239. The third kappa shape index (κ3) is 3.88. The molecule has 2 aromatic rings. The highest BCUT2D eigenvalue weighted by atomic mass is 16.5. The zero-order valence-electron chi connectivity index (χ0n) is 17.1. The van der Waals surface area contributed by atoms with Crippen LogP contribution in [0.5, 0.6) is 11.5 Å². The maximum atomic E-state index is 13.1. The Balaban J connectivity index is 1.56. The normalized spacial score (nSPS) is 18.9. The van der Waals surface area contributed by atoms with E-state index >= 15 is 0 Å². The molecule has 158 valence electrons. The first-order chi connectivity index (χ1) is 14.6. The molecule has 9 heteroatoms. The van der Waals surface area contributed by atoms with Gasteiger partial charge in [0.15, 0.2) is 0 Å². The second-order valence-electron chi connectivity index (χ2n) is 7.18. The van der Waals surface area contributed by atoms with Gasteiger partial charge in [0.05, 0.1) is 25.5 Å². The fourth-order valence-electron chi connectivity index (χ4n) is 3.89. The van der Waals surface area contributed by atoms with Crippen molar-refractivity contribution in [3.05, 3.63) is 42.1 Å². The zero-order valence-corrected chi connectivity index (χ0v) is 17.1. The Morgan fingerprint density at radius 2 is 2.07 bits per heavy atom. The fraction of sp³-hybridized carbons (Fsp3) is 0.381. The minimum Gasteiger partial charge on any atom is -0.497 e. The summed E-state index contributed by atoms with van der Waals surface area (Å²) in [6.45, 7) is 3.47. The van der Waals surface area contributed by atoms with Crippen LogP contribution >= 0.6 is 0 Å². The average Bonchev–Trinajstić information content (AvgIpc) is 2.79. The molecule has 1 unspecified atom stereocenters. The SMILES string of the molecule is COc1ccc(NC(=O)c2cccnc2N2CCN3CCNC(=O)C3C2)c(OC)c1. The number of hydrogen-bond acceptors (Lipinski definition) is 7. The number of fused-ring (bicyclic) bond motifs is 1. The number of rotatable bonds is 5. The van der Waals surface area contributed by atoms with Crippen molar-refractivity contribution in [2.75, 3.05) is 57.2 Å². The summed E-state index contributed by atoms with van der Waals surface area (Å²) in [6, 6.07) is 8.43. The lowest BCUT2D eigenvalue weighted by molar-refractivity contribution is -0.129. The van der Waals surface area contributed by atoms with E-state index in [2.05, 4.69) is 20.5 Å². The number of anilines is 2. The van der Waals surface area contributed by atoms with Crippen LogP contribution in [0.2, 0.25) is 0 Å². The summed E-state index contributed by atoms with van der Waals surface area (Å²) in [5.74, 6) is 1.43. The number of amides is 2. The van der Waals surface area contributed by atoms with E-state index in [-0.39, 0.29) is 17.9 Å². The molecule has 1 aromatic carbocycles. The van der Waals surface area contributed by atoms with Gasteiger partial charge in [-0.05, 0) is 24.3 Å². The zero-order chi connectivity index (χ0) is 21.1. The molecule has 4 rings (SSSR count). The van der Waals surface area contributed by atoms with E-state index in [1.165, 1.54) is 7.11 Å². The molecule has 0 bridgehead atoms. The lowest BCUT2D eigenvalue weighted by Gasteiger charge is -2.43. The highest BCUT2D eigenvalue weighted by Gasteiger charge is 2.36. The second kappa shape index (κ2) is 8.58. The summed E-state index contributed by atoms with van der Waals surface area (Å²) < 4.78 is 10.6. The van der Waals surface area contributed by atoms with Crippen molar-refractivity contribution in [2.24, 2.45) is 0 Å². The third-order valence-corrected chi connectivity index (χ3v) is 5.48. The van der Waals surface area contributed by atoms with Gasteiger partial charge in [0.25, 0.3) is 5.91 Å². The molecule has 1 aromatic heterocycles. The molecule has 30 heavy (non-hydrogen) atoms. The summed E-state index contributed by atoms with van der Waals surface area (Å²) in [4.78, 5) is 34.0. The van der Waals surface area contributed by atoms with Crippen molar-refractivity contribution in [3.63, 3.8) is 0 Å². The predicted octanol–water partition coefficient (Wildman–Crippen LogP) is 0.972. The number of hydrogen-bond donors (Lipinski definition) is 2. The van der Waals surface area contributed by atoms with E-state index in [1.54, 1.807) is 43.6 Å². The Morgan fingerprint density at radius 3 is 2.87 bits per heavy atom. The van der Waals surface area contributed by atoms with Gasteiger partial charge in [-0.2, -0.15) is 0 Å². The predicted molar refractivity (Wildman–Crippen MR) is 112 cm³/mol. The Bertz CT molecular complexity index is 951. The Labute approximate surface area is 175 Å². The Kier molecular flexibility index (Phi) is 5.71. The molecule has 9 nitrogen and oxygen atoms in total. The number of piperazine rings is 2. The summed E-state index contributed by atoms with van der Waals surface area (Å²) in [6.07, 6.45) is 1.66. The molecule has 2 aliphatic heterocycles. The van der Waals surface area contributed by atoms with Crippen LogP contribution in [-0.4, -0.2) is 74.7 Å². The van der Waals surface area contributed by atoms with Gasteiger partial charge >= 0.3 is 0 Å². The van der Waals surface area contributed by atoms with Crippen molar-refractivity contribution in [3.8, 4) is 11.5 Å². The highest BCUT2D eigenvalue weighted by Crippen LogP contribution is 2.30. The van der Waals surface area contributed by atoms with E-state index in [0.717, 1.165) is 13.1 Å². The first-order valence-electron chi connectivity index (χ1n) is 9.86. The fourth-order valence-corrected chi connectivity index (χ4v) is 3.89. The molecule has 0 saturated carbocycles. The Morgan fingerprint density at radius 1 is 1.20 bits per heavy atom. The lowest BCUT2D eigenvalue weighted by Crippen LogP contribution is -2.64. The van der Waals surface area contributed by atoms with Gasteiger partial charge in [0, 0.05) is 45.0 Å². The monoisotopic (exact) mass is 411 g/mol. The van der Waals surface area contributed by atoms with Gasteiger partial charge in [-0.3, -0.25) is 14.5 Å². The largest absolute Gasteiger partial charge is 0.497 e. The van der Waals surface area contributed by atoms with Gasteiger partial charge < -0.3 is 25.0 Å². The number of ether oxygens (including phenoxy) is 2. The standard InChI is InChI=1S/C21H25N5O4/c1-29-14-5-6-16(18(12-14)30-2)24-20(27)15-4-3-7-22-19(15)26-11-10-25-9-8-23-21(28)17(25)13-26/h3-7,12,17H,8-11,13H2,1-2H3,(H,23,28)(H,24,27). The smallest absolute Gasteiger partial charge is 0.259 e. The number of methoxy groups -OCH3 is 2. The summed E-state index contributed by atoms with van der Waals surface area (Å²) in [7, 11) is 3.11. The van der Waals surface area contributed by atoms with Crippen LogP contribution < -0.4 is 25.0 Å². The van der Waals surface area contributed by atoms with Crippen molar-refractivity contribution >= 4 is 23.3 Å². The summed E-state index contributed by atoms with van der Waals surface area (Å²) in [5.41, 5.74) is 0.981. The van der Waals surface area contributed by atoms with Gasteiger partial charge in [-0.1, -0.05) is 0 Å². The van der Waals surface area contributed by atoms with Crippen molar-refractivity contribution in [2.45, 2.75) is 6.04 Å². The van der Waals surface area contributed by atoms with Crippen LogP contribution in [0, 0.1) is 0 Å². The molecule has 2 saturated heterocycles. The van der Waals surface area contributed by atoms with Gasteiger partial charge in [-0.25, -0.2) is 4.98 Å². The minimum atomic E-state index is -0.294. The van der Waals surface area contributed by atoms with E-state index < -0.39 is 0 Å². The van der Waals surface area contributed by atoms with Crippen molar-refractivity contribution in [1.29, 1.82) is 0 Å². The molecule has 2 N–H and O–H groups in total. The highest BCUT2D eigenvalue weighted by molar-refractivity contribution is 6.08. The van der Waals surface area contributed by atoms with Crippen molar-refractivity contribution in [1.82, 2.24) is 15.2 Å². The molecule has 0 spiro atoms. The van der Waals surface area contributed by atoms with Crippen LogP contribution in [0.4, 0.5) is 11.5 Å². The first kappa shape index (κ1) is 20.0. The number of aromatic nitrogens is 1. The van der Waals surface area contributed by atoms with Crippen molar-refractivity contribution < 1.29 is 19.1 Å². The molecular formula is C21H25N5O4. The lowest BCUT2D eigenvalue weighted by atomic mass is 10.1. The number of carbonyl (C=O) groups excluding carboxylic acids is 2. The third-order valence-electron chi connectivity index (χ3n) is 5.48. The second-order valence-corrected chi connectivity index (χ2v) is 7.18. The van der Waals surface area contributed by atoms with E-state index in [0.29, 0.717) is 48.2 Å². The summed E-state index contributed by atoms with van der Waals surface area (Å²) in [5, 5.41) is 5.81. The topological polar surface area (TPSA) is 96.0 Å². The van der Waals surface area contributed by atoms with Crippen LogP contribution in [-0.2, 0) is 4.79 Å². The van der Waals surface area contributed by atoms with Crippen LogP contribution in [0.25, 0.3) is 0 Å². The average molecular weight is 411 g/mol. The van der Waals surface area contributed by atoms with Crippen LogP contribution in [0.1, 0.15) is 10.4 Å². The number of nitrogens with one attached hydrogen (secondary N) is 2. The maximum absolute atomic E-state index is 13.1. The summed E-state index contributed by atoms with van der Waals surface area (Å²) >= 11 is 0.